The molecule has 0 aromatic carbocycles. The molecule has 0 bridgehead atoms. The van der Waals surface area contributed by atoms with Crippen LogP contribution in [0.4, 0.5) is 13.2 Å². The highest BCUT2D eigenvalue weighted by Gasteiger charge is 2.41. The maximum Gasteiger partial charge on any atom is 0.471 e. The lowest BCUT2D eigenvalue weighted by Gasteiger charge is -2.19. The molecule has 14 heteroatoms. The lowest BCUT2D eigenvalue weighted by molar-refractivity contribution is -0.176. The number of alkyl halides is 6. The van der Waals surface area contributed by atoms with E-state index in [1.54, 1.807) is 0 Å². The summed E-state index contributed by atoms with van der Waals surface area (Å²) in [5.74, 6) is -2.14. The third-order valence-electron chi connectivity index (χ3n) is 3.09. The van der Waals surface area contributed by atoms with E-state index >= 15 is 0 Å². The maximum atomic E-state index is 12.5. The molecule has 0 aliphatic rings. The van der Waals surface area contributed by atoms with Gasteiger partial charge >= 0.3 is 24.0 Å². The van der Waals surface area contributed by atoms with Gasteiger partial charge in [-0.05, 0) is 0 Å². The van der Waals surface area contributed by atoms with Crippen molar-refractivity contribution in [3.05, 3.63) is 17.5 Å². The molecule has 0 spiro atoms. The molecule has 0 unspecified atom stereocenters. The first-order valence-corrected chi connectivity index (χ1v) is 9.10. The van der Waals surface area contributed by atoms with E-state index in [0.29, 0.717) is 0 Å². The quantitative estimate of drug-likeness (QED) is 0.320. The van der Waals surface area contributed by atoms with Crippen molar-refractivity contribution in [3.8, 4) is 12.3 Å². The average molecular weight is 494 g/mol. The highest BCUT2D eigenvalue weighted by molar-refractivity contribution is 6.67. The van der Waals surface area contributed by atoms with Crippen molar-refractivity contribution >= 4 is 52.6 Å². The van der Waals surface area contributed by atoms with Crippen LogP contribution in [0.5, 0.6) is 0 Å². The smallest absolute Gasteiger partial charge is 0.460 e. The molecule has 0 saturated heterocycles. The van der Waals surface area contributed by atoms with E-state index in [2.05, 4.69) is 15.8 Å². The van der Waals surface area contributed by atoms with Gasteiger partial charge < -0.3 is 19.3 Å². The zero-order chi connectivity index (χ0) is 22.9. The number of nitrogens with one attached hydrogen (secondary N) is 1. The second-order valence-electron chi connectivity index (χ2n) is 5.60. The maximum absolute atomic E-state index is 12.5. The van der Waals surface area contributed by atoms with Crippen LogP contribution in [0.3, 0.4) is 0 Å². The number of halogens is 6. The number of rotatable bonds is 9. The first-order chi connectivity index (χ1) is 13.8. The Morgan fingerprint density at radius 2 is 1.93 bits per heavy atom. The van der Waals surface area contributed by atoms with Gasteiger partial charge in [-0.1, -0.05) is 40.0 Å². The van der Waals surface area contributed by atoms with Crippen LogP contribution in [0.15, 0.2) is 10.6 Å². The minimum absolute atomic E-state index is 0.0121. The Balaban J connectivity index is 2.80. The minimum atomic E-state index is -5.26. The van der Waals surface area contributed by atoms with Gasteiger partial charge in [-0.25, -0.2) is 4.79 Å². The summed E-state index contributed by atoms with van der Waals surface area (Å²) in [4.78, 5) is 34.6. The Labute approximate surface area is 183 Å². The van der Waals surface area contributed by atoms with Gasteiger partial charge in [-0.15, -0.1) is 12.3 Å². The lowest BCUT2D eigenvalue weighted by atomic mass is 10.1. The molecule has 0 aliphatic heterocycles. The van der Waals surface area contributed by atoms with E-state index in [-0.39, 0.29) is 30.9 Å². The topological polar surface area (TPSA) is 108 Å². The highest BCUT2D eigenvalue weighted by atomic mass is 35.6. The van der Waals surface area contributed by atoms with Crippen LogP contribution in [0.2, 0.25) is 0 Å². The van der Waals surface area contributed by atoms with Crippen LogP contribution in [0.25, 0.3) is 0 Å². The summed E-state index contributed by atoms with van der Waals surface area (Å²) in [6.07, 6.45) is -0.640. The predicted octanol–water partition coefficient (Wildman–Crippen LogP) is 2.63. The van der Waals surface area contributed by atoms with Crippen LogP contribution in [-0.4, -0.2) is 45.6 Å². The number of hydrogen-bond acceptors (Lipinski definition) is 7. The summed E-state index contributed by atoms with van der Waals surface area (Å²) in [6.45, 7) is -1.08. The number of nitrogens with zero attached hydrogens (tertiary/aromatic N) is 1. The van der Waals surface area contributed by atoms with E-state index in [1.807, 2.05) is 0 Å². The number of carbonyl (C=O) groups is 3. The molecule has 1 aromatic rings. The molecule has 0 radical (unpaired) electrons. The van der Waals surface area contributed by atoms with Gasteiger partial charge in [0.15, 0.2) is 0 Å². The fourth-order valence-electron chi connectivity index (χ4n) is 1.81. The Morgan fingerprint density at radius 1 is 1.27 bits per heavy atom. The second kappa shape index (κ2) is 11.3. The van der Waals surface area contributed by atoms with Crippen LogP contribution >= 0.6 is 34.8 Å². The number of amides is 1. The number of carbonyl (C=O) groups excluding carboxylic acids is 3. The summed E-state index contributed by atoms with van der Waals surface area (Å²) in [5.41, 5.74) is 0.106. The van der Waals surface area contributed by atoms with E-state index in [0.717, 1.165) is 0 Å². The molecule has 0 saturated carbocycles. The third kappa shape index (κ3) is 10.0. The third-order valence-corrected chi connectivity index (χ3v) is 3.42. The van der Waals surface area contributed by atoms with Crippen molar-refractivity contribution in [2.75, 3.05) is 6.61 Å². The van der Waals surface area contributed by atoms with E-state index in [1.165, 1.54) is 11.4 Å². The Morgan fingerprint density at radius 3 is 2.50 bits per heavy atom. The standard InChI is InChI=1S/C16H14Cl3F3N2O6/c1-2-3-4-12(25)28-7-9-5-10(30-24-9)6-11(23-14(27)16(20,21)22)13(26)29-8-15(17,18)19/h1,5,11H,3-4,6-8H2,(H,23,27)/t11-/m1/s1. The van der Waals surface area contributed by atoms with Gasteiger partial charge in [0.2, 0.25) is 3.79 Å². The molecule has 8 nitrogen and oxygen atoms in total. The van der Waals surface area contributed by atoms with E-state index in [9.17, 15) is 27.6 Å². The molecule has 30 heavy (non-hydrogen) atoms. The van der Waals surface area contributed by atoms with Gasteiger partial charge in [0, 0.05) is 18.9 Å². The van der Waals surface area contributed by atoms with Gasteiger partial charge in [0.25, 0.3) is 0 Å². The molecule has 166 valence electrons. The van der Waals surface area contributed by atoms with Crippen molar-refractivity contribution in [2.45, 2.75) is 41.9 Å². The molecule has 1 N–H and O–H groups in total. The van der Waals surface area contributed by atoms with Crippen molar-refractivity contribution in [3.63, 3.8) is 0 Å². The van der Waals surface area contributed by atoms with E-state index in [4.69, 9.17) is 50.5 Å². The molecule has 1 heterocycles. The van der Waals surface area contributed by atoms with Gasteiger partial charge in [0.05, 0.1) is 6.42 Å². The monoisotopic (exact) mass is 492 g/mol. The molecule has 1 aromatic heterocycles. The summed E-state index contributed by atoms with van der Waals surface area (Å²) < 4.78 is 49.9. The zero-order valence-corrected chi connectivity index (χ0v) is 17.2. The van der Waals surface area contributed by atoms with Crippen LogP contribution in [0, 0.1) is 12.3 Å². The largest absolute Gasteiger partial charge is 0.471 e. The first kappa shape index (κ1) is 25.9. The molecule has 1 amide bonds. The van der Waals surface area contributed by atoms with Crippen molar-refractivity contribution in [1.82, 2.24) is 10.5 Å². The first-order valence-electron chi connectivity index (χ1n) is 7.96. The summed E-state index contributed by atoms with van der Waals surface area (Å²) >= 11 is 16.3. The van der Waals surface area contributed by atoms with Crippen LogP contribution < -0.4 is 5.32 Å². The Kier molecular flexibility index (Phi) is 9.74. The minimum Gasteiger partial charge on any atom is -0.460 e. The predicted molar refractivity (Wildman–Crippen MR) is 97.3 cm³/mol. The van der Waals surface area contributed by atoms with E-state index < -0.39 is 46.9 Å². The molecular formula is C16H14Cl3F3N2O6. The number of esters is 2. The average Bonchev–Trinajstić information content (AvgIpc) is 3.08. The fraction of sp³-hybridized carbons (Fsp3) is 0.500. The van der Waals surface area contributed by atoms with Gasteiger partial charge in [-0.2, -0.15) is 13.2 Å². The molecule has 1 atom stereocenters. The number of hydrogen-bond donors (Lipinski definition) is 1. The second-order valence-corrected chi connectivity index (χ2v) is 8.12. The Hall–Kier alpha value is -2.16. The SMILES string of the molecule is C#CCCC(=O)OCc1cc(C[C@@H](NC(=O)C(F)(F)F)C(=O)OCC(Cl)(Cl)Cl)on1. The molecular weight excluding hydrogens is 480 g/mol. The Bertz CT molecular complexity index is 801. The zero-order valence-electron chi connectivity index (χ0n) is 14.9. The van der Waals surface area contributed by atoms with Crippen molar-refractivity contribution in [2.24, 2.45) is 0 Å². The lowest BCUT2D eigenvalue weighted by Crippen LogP contribution is -2.48. The highest BCUT2D eigenvalue weighted by Crippen LogP contribution is 2.26. The number of aromatic nitrogens is 1. The van der Waals surface area contributed by atoms with Crippen LogP contribution in [-0.2, 0) is 36.9 Å². The summed E-state index contributed by atoms with van der Waals surface area (Å²) in [7, 11) is 0. The van der Waals surface area contributed by atoms with Crippen LogP contribution in [0.1, 0.15) is 24.3 Å². The molecule has 1 rings (SSSR count). The summed E-state index contributed by atoms with van der Waals surface area (Å²) in [6, 6.07) is -0.617. The van der Waals surface area contributed by atoms with Crippen molar-refractivity contribution < 1.29 is 41.6 Å². The molecule has 0 aliphatic carbocycles. The molecule has 0 fully saturated rings. The van der Waals surface area contributed by atoms with Gasteiger partial charge in [0.1, 0.15) is 30.7 Å². The van der Waals surface area contributed by atoms with Crippen molar-refractivity contribution in [1.29, 1.82) is 0 Å². The number of ether oxygens (including phenoxy) is 2. The number of terminal acetylenes is 1. The fourth-order valence-corrected chi connectivity index (χ4v) is 1.97. The normalized spacial score (nSPS) is 12.6. The summed E-state index contributed by atoms with van der Waals surface area (Å²) in [5, 5.41) is 5.02. The van der Waals surface area contributed by atoms with Gasteiger partial charge in [-0.3, -0.25) is 9.59 Å².